The number of ether oxygens (including phenoxy) is 2. The van der Waals surface area contributed by atoms with Crippen molar-refractivity contribution in [2.45, 2.75) is 0 Å². The molecule has 0 atom stereocenters. The van der Waals surface area contributed by atoms with E-state index in [1.54, 1.807) is 26.4 Å². The van der Waals surface area contributed by atoms with Gasteiger partial charge in [0.15, 0.2) is 0 Å². The van der Waals surface area contributed by atoms with E-state index in [9.17, 15) is 0 Å². The SMILES string of the molecule is COc1ccc(-c2cc(OC)ccc2C#N)cc1. The summed E-state index contributed by atoms with van der Waals surface area (Å²) in [6.07, 6.45) is 0. The highest BCUT2D eigenvalue weighted by atomic mass is 16.5. The van der Waals surface area contributed by atoms with Crippen LogP contribution >= 0.6 is 0 Å². The fraction of sp³-hybridized carbons (Fsp3) is 0.133. The van der Waals surface area contributed by atoms with E-state index in [1.807, 2.05) is 30.3 Å². The lowest BCUT2D eigenvalue weighted by molar-refractivity contribution is 0.414. The summed E-state index contributed by atoms with van der Waals surface area (Å²) < 4.78 is 10.3. The summed E-state index contributed by atoms with van der Waals surface area (Å²) in [4.78, 5) is 0. The van der Waals surface area contributed by atoms with Gasteiger partial charge in [-0.15, -0.1) is 0 Å². The van der Waals surface area contributed by atoms with E-state index in [1.165, 1.54) is 0 Å². The summed E-state index contributed by atoms with van der Waals surface area (Å²) in [6, 6.07) is 15.2. The molecule has 3 heteroatoms. The predicted octanol–water partition coefficient (Wildman–Crippen LogP) is 3.24. The first-order chi connectivity index (χ1) is 8.78. The van der Waals surface area contributed by atoms with Crippen molar-refractivity contribution in [2.75, 3.05) is 14.2 Å². The summed E-state index contributed by atoms with van der Waals surface area (Å²) >= 11 is 0. The second-order valence-electron chi connectivity index (χ2n) is 3.75. The Kier molecular flexibility index (Phi) is 3.49. The molecule has 0 aliphatic heterocycles. The molecule has 0 fully saturated rings. The van der Waals surface area contributed by atoms with E-state index >= 15 is 0 Å². The van der Waals surface area contributed by atoms with Gasteiger partial charge in [-0.05, 0) is 35.9 Å². The van der Waals surface area contributed by atoms with Gasteiger partial charge in [-0.3, -0.25) is 0 Å². The summed E-state index contributed by atoms with van der Waals surface area (Å²) in [7, 11) is 3.24. The number of benzene rings is 2. The van der Waals surface area contributed by atoms with Crippen LogP contribution in [0.2, 0.25) is 0 Å². The number of nitriles is 1. The fourth-order valence-corrected chi connectivity index (χ4v) is 1.76. The summed E-state index contributed by atoms with van der Waals surface area (Å²) in [5.41, 5.74) is 2.45. The van der Waals surface area contributed by atoms with Crippen LogP contribution in [0.4, 0.5) is 0 Å². The number of rotatable bonds is 3. The molecule has 2 aromatic carbocycles. The van der Waals surface area contributed by atoms with Crippen LogP contribution in [0, 0.1) is 11.3 Å². The maximum absolute atomic E-state index is 9.13. The van der Waals surface area contributed by atoms with Crippen LogP contribution in [0.5, 0.6) is 11.5 Å². The molecular formula is C15H13NO2. The summed E-state index contributed by atoms with van der Waals surface area (Å²) in [5.74, 6) is 1.53. The van der Waals surface area contributed by atoms with Gasteiger partial charge in [0.1, 0.15) is 11.5 Å². The minimum atomic E-state index is 0.626. The van der Waals surface area contributed by atoms with Gasteiger partial charge >= 0.3 is 0 Å². The van der Waals surface area contributed by atoms with Crippen molar-refractivity contribution in [3.05, 3.63) is 48.0 Å². The van der Waals surface area contributed by atoms with Gasteiger partial charge in [0.05, 0.1) is 25.9 Å². The lowest BCUT2D eigenvalue weighted by Gasteiger charge is -2.08. The molecule has 0 aromatic heterocycles. The molecule has 0 spiro atoms. The van der Waals surface area contributed by atoms with Gasteiger partial charge in [0.2, 0.25) is 0 Å². The number of methoxy groups -OCH3 is 2. The Bertz CT molecular complexity index is 582. The van der Waals surface area contributed by atoms with E-state index in [2.05, 4.69) is 6.07 Å². The molecule has 0 heterocycles. The van der Waals surface area contributed by atoms with E-state index in [0.29, 0.717) is 5.56 Å². The maximum Gasteiger partial charge on any atom is 0.119 e. The average Bonchev–Trinajstić information content (AvgIpc) is 2.46. The Morgan fingerprint density at radius 1 is 0.889 bits per heavy atom. The first-order valence-electron chi connectivity index (χ1n) is 5.51. The van der Waals surface area contributed by atoms with Gasteiger partial charge in [0, 0.05) is 5.56 Å². The topological polar surface area (TPSA) is 42.2 Å². The molecule has 90 valence electrons. The van der Waals surface area contributed by atoms with Gasteiger partial charge in [-0.1, -0.05) is 12.1 Å². The molecule has 0 aliphatic carbocycles. The third-order valence-electron chi connectivity index (χ3n) is 2.75. The van der Waals surface area contributed by atoms with Gasteiger partial charge < -0.3 is 9.47 Å². The van der Waals surface area contributed by atoms with Crippen LogP contribution in [-0.4, -0.2) is 14.2 Å². The molecule has 0 unspecified atom stereocenters. The normalized spacial score (nSPS) is 9.61. The zero-order valence-electron chi connectivity index (χ0n) is 10.3. The van der Waals surface area contributed by atoms with Crippen molar-refractivity contribution in [1.82, 2.24) is 0 Å². The molecule has 0 saturated heterocycles. The molecule has 0 radical (unpaired) electrons. The standard InChI is InChI=1S/C15H13NO2/c1-17-13-6-3-11(4-7-13)15-9-14(18-2)8-5-12(15)10-16/h3-9H,1-2H3. The Labute approximate surface area is 106 Å². The molecule has 0 N–H and O–H groups in total. The molecule has 2 rings (SSSR count). The smallest absolute Gasteiger partial charge is 0.119 e. The van der Waals surface area contributed by atoms with Crippen LogP contribution in [0.15, 0.2) is 42.5 Å². The predicted molar refractivity (Wildman–Crippen MR) is 69.7 cm³/mol. The maximum atomic E-state index is 9.13. The van der Waals surface area contributed by atoms with Crippen LogP contribution in [-0.2, 0) is 0 Å². The highest BCUT2D eigenvalue weighted by Gasteiger charge is 2.06. The molecule has 0 aliphatic rings. The van der Waals surface area contributed by atoms with Crippen molar-refractivity contribution in [3.63, 3.8) is 0 Å². The summed E-state index contributed by atoms with van der Waals surface area (Å²) in [6.45, 7) is 0. The highest BCUT2D eigenvalue weighted by molar-refractivity contribution is 5.72. The van der Waals surface area contributed by atoms with E-state index in [0.717, 1.165) is 22.6 Å². The van der Waals surface area contributed by atoms with Crippen LogP contribution in [0.1, 0.15) is 5.56 Å². The fourth-order valence-electron chi connectivity index (χ4n) is 1.76. The third-order valence-corrected chi connectivity index (χ3v) is 2.75. The van der Waals surface area contributed by atoms with Crippen molar-refractivity contribution in [2.24, 2.45) is 0 Å². The molecule has 0 amide bonds. The second-order valence-corrected chi connectivity index (χ2v) is 3.75. The van der Waals surface area contributed by atoms with Crippen LogP contribution in [0.25, 0.3) is 11.1 Å². The van der Waals surface area contributed by atoms with Gasteiger partial charge in [-0.25, -0.2) is 0 Å². The Hall–Kier alpha value is -2.47. The molecule has 0 saturated carbocycles. The molecular weight excluding hydrogens is 226 g/mol. The van der Waals surface area contributed by atoms with Crippen LogP contribution < -0.4 is 9.47 Å². The zero-order valence-corrected chi connectivity index (χ0v) is 10.3. The van der Waals surface area contributed by atoms with E-state index in [-0.39, 0.29) is 0 Å². The van der Waals surface area contributed by atoms with Gasteiger partial charge in [-0.2, -0.15) is 5.26 Å². The lowest BCUT2D eigenvalue weighted by atomic mass is 10.00. The number of hydrogen-bond acceptors (Lipinski definition) is 3. The monoisotopic (exact) mass is 239 g/mol. The summed E-state index contributed by atoms with van der Waals surface area (Å²) in [5, 5.41) is 9.13. The van der Waals surface area contributed by atoms with Crippen LogP contribution in [0.3, 0.4) is 0 Å². The first-order valence-corrected chi connectivity index (χ1v) is 5.51. The molecule has 2 aromatic rings. The Morgan fingerprint density at radius 2 is 1.50 bits per heavy atom. The largest absolute Gasteiger partial charge is 0.497 e. The molecule has 18 heavy (non-hydrogen) atoms. The average molecular weight is 239 g/mol. The first kappa shape index (κ1) is 12.0. The van der Waals surface area contributed by atoms with Gasteiger partial charge in [0.25, 0.3) is 0 Å². The number of nitrogens with zero attached hydrogens (tertiary/aromatic N) is 1. The van der Waals surface area contributed by atoms with Crippen molar-refractivity contribution >= 4 is 0 Å². The molecule has 3 nitrogen and oxygen atoms in total. The van der Waals surface area contributed by atoms with Crippen molar-refractivity contribution in [1.29, 1.82) is 5.26 Å². The van der Waals surface area contributed by atoms with E-state index < -0.39 is 0 Å². The zero-order chi connectivity index (χ0) is 13.0. The third kappa shape index (κ3) is 2.28. The minimum Gasteiger partial charge on any atom is -0.497 e. The quantitative estimate of drug-likeness (QED) is 0.825. The van der Waals surface area contributed by atoms with Crippen molar-refractivity contribution in [3.8, 4) is 28.7 Å². The lowest BCUT2D eigenvalue weighted by Crippen LogP contribution is -1.89. The van der Waals surface area contributed by atoms with E-state index in [4.69, 9.17) is 14.7 Å². The molecule has 0 bridgehead atoms. The van der Waals surface area contributed by atoms with Crippen molar-refractivity contribution < 1.29 is 9.47 Å². The highest BCUT2D eigenvalue weighted by Crippen LogP contribution is 2.28. The Balaban J connectivity index is 2.50. The Morgan fingerprint density at radius 3 is 2.06 bits per heavy atom. The minimum absolute atomic E-state index is 0.626. The number of hydrogen-bond donors (Lipinski definition) is 0. The second kappa shape index (κ2) is 5.24.